The minimum atomic E-state index is 0.243. The molecule has 2 aliphatic rings. The van der Waals surface area contributed by atoms with E-state index < -0.39 is 0 Å². The van der Waals surface area contributed by atoms with Gasteiger partial charge in [-0.3, -0.25) is 0 Å². The Morgan fingerprint density at radius 3 is 2.80 bits per heavy atom. The van der Waals surface area contributed by atoms with Gasteiger partial charge in [-0.2, -0.15) is 0 Å². The Balaban J connectivity index is 1.78. The number of nitrogens with zero attached hydrogens (tertiary/aromatic N) is 1. The van der Waals surface area contributed by atoms with Gasteiger partial charge in [-0.1, -0.05) is 0 Å². The Labute approximate surface area is 116 Å². The minimum absolute atomic E-state index is 0.243. The van der Waals surface area contributed by atoms with Crippen LogP contribution in [-0.2, 0) is 6.42 Å². The van der Waals surface area contributed by atoms with Crippen LogP contribution in [0.4, 0.5) is 0 Å². The maximum atomic E-state index is 5.59. The lowest BCUT2D eigenvalue weighted by Gasteiger charge is -2.09. The van der Waals surface area contributed by atoms with E-state index in [-0.39, 0.29) is 6.79 Å². The number of hydrogen-bond donors (Lipinski definition) is 0. The smallest absolute Gasteiger partial charge is 0.231 e. The van der Waals surface area contributed by atoms with Crippen molar-refractivity contribution in [3.8, 4) is 28.6 Å². The fourth-order valence-corrected chi connectivity index (χ4v) is 2.50. The number of ether oxygens (including phenoxy) is 3. The molecule has 1 aromatic carbocycles. The van der Waals surface area contributed by atoms with Crippen LogP contribution in [0.2, 0.25) is 0 Å². The van der Waals surface area contributed by atoms with Crippen molar-refractivity contribution >= 4 is 0 Å². The fraction of sp³-hybridized carbons (Fsp3) is 0.400. The molecule has 4 rings (SSSR count). The molecule has 0 saturated heterocycles. The van der Waals surface area contributed by atoms with Crippen LogP contribution in [0.25, 0.3) is 11.3 Å². The van der Waals surface area contributed by atoms with Gasteiger partial charge in [-0.15, -0.1) is 0 Å². The van der Waals surface area contributed by atoms with Gasteiger partial charge in [0.15, 0.2) is 23.7 Å². The molecule has 1 aromatic heterocycles. The summed E-state index contributed by atoms with van der Waals surface area (Å²) >= 11 is 0. The van der Waals surface area contributed by atoms with Crippen LogP contribution in [0.15, 0.2) is 22.9 Å². The lowest BCUT2D eigenvalue weighted by atomic mass is 10.1. The van der Waals surface area contributed by atoms with Crippen molar-refractivity contribution in [2.75, 3.05) is 13.9 Å². The first-order valence-corrected chi connectivity index (χ1v) is 6.75. The Bertz CT molecular complexity index is 645. The molecule has 1 aliphatic carbocycles. The van der Waals surface area contributed by atoms with Gasteiger partial charge in [0.2, 0.25) is 6.79 Å². The van der Waals surface area contributed by atoms with Crippen LogP contribution >= 0.6 is 0 Å². The maximum absolute atomic E-state index is 5.59. The van der Waals surface area contributed by atoms with Gasteiger partial charge in [0, 0.05) is 6.07 Å². The molecule has 1 saturated carbocycles. The van der Waals surface area contributed by atoms with Gasteiger partial charge in [0.25, 0.3) is 0 Å². The van der Waals surface area contributed by atoms with Crippen LogP contribution < -0.4 is 14.2 Å². The summed E-state index contributed by atoms with van der Waals surface area (Å²) in [5, 5.41) is 0. The lowest BCUT2D eigenvalue weighted by Crippen LogP contribution is -1.93. The van der Waals surface area contributed by atoms with Gasteiger partial charge in [-0.05, 0) is 31.2 Å². The number of benzene rings is 1. The first kappa shape index (κ1) is 11.6. The van der Waals surface area contributed by atoms with Crippen molar-refractivity contribution < 1.29 is 18.6 Å². The summed E-state index contributed by atoms with van der Waals surface area (Å²) in [7, 11) is 1.64. The average Bonchev–Trinajstić information content (AvgIpc) is 2.98. The third kappa shape index (κ3) is 1.90. The average molecular weight is 273 g/mol. The van der Waals surface area contributed by atoms with Crippen LogP contribution in [-0.4, -0.2) is 18.9 Å². The third-order valence-electron chi connectivity index (χ3n) is 3.76. The molecule has 0 amide bonds. The first-order chi connectivity index (χ1) is 9.85. The van der Waals surface area contributed by atoms with E-state index in [1.807, 2.05) is 12.1 Å². The molecule has 20 heavy (non-hydrogen) atoms. The zero-order valence-corrected chi connectivity index (χ0v) is 11.2. The Morgan fingerprint density at radius 1 is 1.25 bits per heavy atom. The summed E-state index contributed by atoms with van der Waals surface area (Å²) in [5.74, 6) is 3.65. The summed E-state index contributed by atoms with van der Waals surface area (Å²) in [5.41, 5.74) is 1.86. The molecule has 0 spiro atoms. The highest BCUT2D eigenvalue weighted by atomic mass is 16.7. The molecule has 2 heterocycles. The minimum Gasteiger partial charge on any atom is -0.496 e. The molecule has 1 aliphatic heterocycles. The molecule has 5 nitrogen and oxygen atoms in total. The van der Waals surface area contributed by atoms with Gasteiger partial charge in [0.05, 0.1) is 18.4 Å². The standard InChI is InChI=1S/C15H15NO4/c1-17-12-6-14-13(19-8-20-14)5-10(12)15-11(16-7-18-15)4-9-2-3-9/h5-7,9H,2-4,8H2,1H3. The van der Waals surface area contributed by atoms with Crippen molar-refractivity contribution in [1.29, 1.82) is 0 Å². The number of rotatable bonds is 4. The number of methoxy groups -OCH3 is 1. The summed E-state index contributed by atoms with van der Waals surface area (Å²) in [6.07, 6.45) is 5.02. The number of hydrogen-bond acceptors (Lipinski definition) is 5. The van der Waals surface area contributed by atoms with Crippen molar-refractivity contribution in [2.24, 2.45) is 5.92 Å². The summed E-state index contributed by atoms with van der Waals surface area (Å²) in [4.78, 5) is 4.35. The second-order valence-corrected chi connectivity index (χ2v) is 5.18. The highest BCUT2D eigenvalue weighted by Gasteiger charge is 2.27. The topological polar surface area (TPSA) is 53.7 Å². The van der Waals surface area contributed by atoms with E-state index in [1.165, 1.54) is 19.2 Å². The predicted molar refractivity (Wildman–Crippen MR) is 71.0 cm³/mol. The van der Waals surface area contributed by atoms with E-state index in [0.29, 0.717) is 11.5 Å². The van der Waals surface area contributed by atoms with E-state index >= 15 is 0 Å². The van der Waals surface area contributed by atoms with Gasteiger partial charge < -0.3 is 18.6 Å². The molecular weight excluding hydrogens is 258 g/mol. The van der Waals surface area contributed by atoms with Crippen molar-refractivity contribution in [1.82, 2.24) is 4.98 Å². The number of oxazole rings is 1. The molecule has 1 fully saturated rings. The largest absolute Gasteiger partial charge is 0.496 e. The third-order valence-corrected chi connectivity index (χ3v) is 3.76. The first-order valence-electron chi connectivity index (χ1n) is 6.75. The Morgan fingerprint density at radius 2 is 2.05 bits per heavy atom. The quantitative estimate of drug-likeness (QED) is 0.857. The van der Waals surface area contributed by atoms with Crippen LogP contribution in [0, 0.1) is 5.92 Å². The van der Waals surface area contributed by atoms with E-state index in [1.54, 1.807) is 7.11 Å². The zero-order chi connectivity index (χ0) is 13.5. The fourth-order valence-electron chi connectivity index (χ4n) is 2.50. The molecule has 0 radical (unpaired) electrons. The second-order valence-electron chi connectivity index (χ2n) is 5.18. The van der Waals surface area contributed by atoms with Crippen molar-refractivity contribution in [3.05, 3.63) is 24.2 Å². The number of fused-ring (bicyclic) bond motifs is 1. The second kappa shape index (κ2) is 4.44. The molecule has 5 heteroatoms. The maximum Gasteiger partial charge on any atom is 0.231 e. The van der Waals surface area contributed by atoms with Crippen LogP contribution in [0.3, 0.4) is 0 Å². The molecule has 0 N–H and O–H groups in total. The summed E-state index contributed by atoms with van der Waals surface area (Å²) in [6.45, 7) is 0.243. The van der Waals surface area contributed by atoms with Gasteiger partial charge >= 0.3 is 0 Å². The van der Waals surface area contributed by atoms with Crippen molar-refractivity contribution in [3.63, 3.8) is 0 Å². The van der Waals surface area contributed by atoms with Gasteiger partial charge in [-0.25, -0.2) is 4.98 Å². The van der Waals surface area contributed by atoms with E-state index in [9.17, 15) is 0 Å². The molecule has 0 bridgehead atoms. The highest BCUT2D eigenvalue weighted by Crippen LogP contribution is 2.44. The van der Waals surface area contributed by atoms with Gasteiger partial charge in [0.1, 0.15) is 5.75 Å². The molecule has 104 valence electrons. The van der Waals surface area contributed by atoms with Crippen LogP contribution in [0.5, 0.6) is 17.2 Å². The van der Waals surface area contributed by atoms with Crippen LogP contribution in [0.1, 0.15) is 18.5 Å². The molecule has 0 unspecified atom stereocenters. The SMILES string of the molecule is COc1cc2c(cc1-c1ocnc1CC1CC1)OCO2. The van der Waals surface area contributed by atoms with E-state index in [0.717, 1.165) is 35.1 Å². The predicted octanol–water partition coefficient (Wildman–Crippen LogP) is 3.03. The lowest BCUT2D eigenvalue weighted by molar-refractivity contribution is 0.174. The highest BCUT2D eigenvalue weighted by molar-refractivity contribution is 5.72. The Hall–Kier alpha value is -2.17. The van der Waals surface area contributed by atoms with E-state index in [4.69, 9.17) is 18.6 Å². The summed E-state index contributed by atoms with van der Waals surface area (Å²) in [6, 6.07) is 3.74. The monoisotopic (exact) mass is 273 g/mol. The number of aromatic nitrogens is 1. The zero-order valence-electron chi connectivity index (χ0n) is 11.2. The molecular formula is C15H15NO4. The molecule has 0 atom stereocenters. The molecule has 2 aromatic rings. The Kier molecular flexibility index (Phi) is 2.58. The normalized spacial score (nSPS) is 16.4. The summed E-state index contributed by atoms with van der Waals surface area (Å²) < 4.78 is 21.8. The van der Waals surface area contributed by atoms with E-state index in [2.05, 4.69) is 4.98 Å². The van der Waals surface area contributed by atoms with Crippen molar-refractivity contribution in [2.45, 2.75) is 19.3 Å².